The summed E-state index contributed by atoms with van der Waals surface area (Å²) >= 11 is 0. The highest BCUT2D eigenvalue weighted by atomic mass is 16.5. The van der Waals surface area contributed by atoms with Crippen LogP contribution in [0.2, 0.25) is 0 Å². The number of nitrogens with zero attached hydrogens (tertiary/aromatic N) is 4. The van der Waals surface area contributed by atoms with E-state index < -0.39 is 29.6 Å². The summed E-state index contributed by atoms with van der Waals surface area (Å²) in [4.78, 5) is 50.1. The van der Waals surface area contributed by atoms with Crippen molar-refractivity contribution in [1.29, 1.82) is 0 Å². The summed E-state index contributed by atoms with van der Waals surface area (Å²) in [6.07, 6.45) is 6.03. The molecule has 1 N–H and O–H groups in total. The maximum Gasteiger partial charge on any atom is 0.253 e. The summed E-state index contributed by atoms with van der Waals surface area (Å²) in [5.41, 5.74) is 0.731. The van der Waals surface area contributed by atoms with Crippen LogP contribution in [0.4, 0.5) is 11.4 Å². The van der Waals surface area contributed by atoms with E-state index in [0.717, 1.165) is 30.9 Å². The first-order valence-electron chi connectivity index (χ1n) is 15.6. The number of unbranched alkanes of at least 4 members (excludes halogenated alkanes) is 1. The lowest BCUT2D eigenvalue weighted by Gasteiger charge is -2.37. The van der Waals surface area contributed by atoms with E-state index in [1.54, 1.807) is 26.9 Å². The molecule has 0 aromatic heterocycles. The van der Waals surface area contributed by atoms with E-state index in [4.69, 9.17) is 4.74 Å². The van der Waals surface area contributed by atoms with Crippen molar-refractivity contribution in [3.63, 3.8) is 0 Å². The van der Waals surface area contributed by atoms with Gasteiger partial charge in [0, 0.05) is 57.3 Å². The molecule has 0 saturated carbocycles. The van der Waals surface area contributed by atoms with Gasteiger partial charge in [0.05, 0.1) is 17.9 Å². The lowest BCUT2D eigenvalue weighted by Crippen LogP contribution is -2.56. The van der Waals surface area contributed by atoms with E-state index >= 15 is 0 Å². The number of carbonyl (C=O) groups excluding carboxylic acids is 3. The molecule has 3 saturated heterocycles. The fourth-order valence-electron chi connectivity index (χ4n) is 7.31. The first-order valence-corrected chi connectivity index (χ1v) is 15.6. The molecule has 3 fully saturated rings. The summed E-state index contributed by atoms with van der Waals surface area (Å²) in [7, 11) is 0. The van der Waals surface area contributed by atoms with Crippen LogP contribution in [0.25, 0.3) is 0 Å². The predicted octanol–water partition coefficient (Wildman–Crippen LogP) is 3.62. The topological polar surface area (TPSA) is 93.6 Å². The molecule has 1 spiro atoms. The minimum Gasteiger partial charge on any atom is -0.396 e. The summed E-state index contributed by atoms with van der Waals surface area (Å²) < 4.78 is 6.64. The van der Waals surface area contributed by atoms with Gasteiger partial charge >= 0.3 is 0 Å². The quantitative estimate of drug-likeness (QED) is 0.237. The summed E-state index contributed by atoms with van der Waals surface area (Å²) in [5.74, 6) is -1.86. The number of likely N-dealkylation sites (tertiary alicyclic amines) is 1. The van der Waals surface area contributed by atoms with Crippen molar-refractivity contribution in [3.8, 4) is 0 Å². The molecule has 3 amide bonds. The zero-order chi connectivity index (χ0) is 30.4. The first-order chi connectivity index (χ1) is 20.3. The molecule has 230 valence electrons. The minimum absolute atomic E-state index is 0.00388. The number of anilines is 2. The Labute approximate surface area is 250 Å². The van der Waals surface area contributed by atoms with Crippen molar-refractivity contribution in [1.82, 2.24) is 9.80 Å². The fourth-order valence-corrected chi connectivity index (χ4v) is 7.31. The molecule has 0 aliphatic carbocycles. The normalized spacial score (nSPS) is 25.8. The summed E-state index contributed by atoms with van der Waals surface area (Å²) in [5, 5.41) is 9.45. The number of rotatable bonds is 16. The largest absolute Gasteiger partial charge is 0.396 e. The third kappa shape index (κ3) is 5.61. The van der Waals surface area contributed by atoms with E-state index in [9.17, 15) is 19.5 Å². The number of aliphatic hydroxyl groups excluding tert-OH is 1. The third-order valence-electron chi connectivity index (χ3n) is 9.15. The molecule has 5 atom stereocenters. The van der Waals surface area contributed by atoms with Gasteiger partial charge in [0.1, 0.15) is 11.6 Å². The second-order valence-corrected chi connectivity index (χ2v) is 11.5. The van der Waals surface area contributed by atoms with Gasteiger partial charge in [-0.05, 0) is 70.2 Å². The number of ether oxygens (including phenoxy) is 1. The number of benzene rings is 1. The van der Waals surface area contributed by atoms with Crippen LogP contribution in [0.3, 0.4) is 0 Å². The molecule has 0 radical (unpaired) electrons. The molecular formula is C33H48N4O5. The number of hydrogen-bond acceptors (Lipinski definition) is 6. The maximum atomic E-state index is 14.6. The second-order valence-electron chi connectivity index (χ2n) is 11.5. The highest BCUT2D eigenvalue weighted by molar-refractivity contribution is 6.05. The third-order valence-corrected chi connectivity index (χ3v) is 9.15. The molecule has 1 aromatic carbocycles. The van der Waals surface area contributed by atoms with Gasteiger partial charge in [0.25, 0.3) is 5.91 Å². The van der Waals surface area contributed by atoms with Crippen LogP contribution in [0.5, 0.6) is 0 Å². The molecule has 42 heavy (non-hydrogen) atoms. The van der Waals surface area contributed by atoms with Crippen LogP contribution in [0, 0.1) is 11.8 Å². The van der Waals surface area contributed by atoms with E-state index in [0.29, 0.717) is 45.3 Å². The fraction of sp³-hybridized carbons (Fsp3) is 0.606. The van der Waals surface area contributed by atoms with Crippen molar-refractivity contribution in [2.45, 2.75) is 70.6 Å². The van der Waals surface area contributed by atoms with Crippen molar-refractivity contribution in [3.05, 3.63) is 49.6 Å². The molecule has 4 rings (SSSR count). The molecule has 1 aromatic rings. The smallest absolute Gasteiger partial charge is 0.253 e. The number of fused-ring (bicyclic) bond motifs is 1. The molecule has 3 aliphatic rings. The van der Waals surface area contributed by atoms with Crippen LogP contribution in [0.1, 0.15) is 52.9 Å². The van der Waals surface area contributed by atoms with Crippen LogP contribution in [-0.4, -0.2) is 96.3 Å². The van der Waals surface area contributed by atoms with Gasteiger partial charge < -0.3 is 29.4 Å². The summed E-state index contributed by atoms with van der Waals surface area (Å²) in [6, 6.07) is 7.04. The summed E-state index contributed by atoms with van der Waals surface area (Å²) in [6.45, 7) is 17.3. The van der Waals surface area contributed by atoms with E-state index in [1.165, 1.54) is 0 Å². The van der Waals surface area contributed by atoms with Gasteiger partial charge in [0.2, 0.25) is 11.8 Å². The highest BCUT2D eigenvalue weighted by Gasteiger charge is 2.74. The van der Waals surface area contributed by atoms with Crippen molar-refractivity contribution >= 4 is 29.1 Å². The Balaban J connectivity index is 1.72. The second kappa shape index (κ2) is 13.9. The number of aliphatic hydroxyl groups is 1. The maximum absolute atomic E-state index is 14.6. The van der Waals surface area contributed by atoms with Crippen LogP contribution in [-0.2, 0) is 19.1 Å². The average Bonchev–Trinajstić information content (AvgIpc) is 3.64. The Hall–Kier alpha value is -3.17. The SMILES string of the molecule is C=CCN(CCC)C(=O)[C@@H]1[C@H]2C(=O)N(CCCCO)C(C(=O)N(CC=C)c3ccc(N(CC)CC)cc3)C23CC[C@H]1O3. The molecule has 3 aliphatic heterocycles. The van der Waals surface area contributed by atoms with Gasteiger partial charge in [-0.15, -0.1) is 13.2 Å². The number of amides is 3. The van der Waals surface area contributed by atoms with Gasteiger partial charge in [-0.1, -0.05) is 19.1 Å². The molecule has 9 nitrogen and oxygen atoms in total. The number of hydrogen-bond donors (Lipinski definition) is 1. The average molecular weight is 581 g/mol. The zero-order valence-electron chi connectivity index (χ0n) is 25.5. The Morgan fingerprint density at radius 1 is 1.05 bits per heavy atom. The molecular weight excluding hydrogens is 532 g/mol. The first kappa shape index (κ1) is 31.8. The van der Waals surface area contributed by atoms with Crippen LogP contribution >= 0.6 is 0 Å². The Kier molecular flexibility index (Phi) is 10.5. The van der Waals surface area contributed by atoms with Gasteiger partial charge in [-0.3, -0.25) is 14.4 Å². The Bertz CT molecular complexity index is 1140. The van der Waals surface area contributed by atoms with Crippen molar-refractivity contribution < 1.29 is 24.2 Å². The lowest BCUT2D eigenvalue weighted by molar-refractivity contribution is -0.145. The Morgan fingerprint density at radius 3 is 2.31 bits per heavy atom. The Morgan fingerprint density at radius 2 is 1.71 bits per heavy atom. The van der Waals surface area contributed by atoms with Crippen LogP contribution < -0.4 is 9.80 Å². The van der Waals surface area contributed by atoms with Crippen LogP contribution in [0.15, 0.2) is 49.6 Å². The highest BCUT2D eigenvalue weighted by Crippen LogP contribution is 2.59. The zero-order valence-corrected chi connectivity index (χ0v) is 25.5. The van der Waals surface area contributed by atoms with Crippen molar-refractivity contribution in [2.75, 3.05) is 55.7 Å². The molecule has 2 bridgehead atoms. The molecule has 9 heteroatoms. The minimum atomic E-state index is -1.06. The van der Waals surface area contributed by atoms with E-state index in [2.05, 4.69) is 31.9 Å². The molecule has 2 unspecified atom stereocenters. The standard InChI is InChI=1S/C33H48N4O5/c1-6-19-35(20-7-2)30(39)27-26-17-18-33(42-26)28(27)31(40)37(22-11-12-23-38)29(33)32(41)36(21-8-3)25-15-13-24(14-16-25)34(9-4)10-5/h6,8,13-16,26-29,38H,1,3,7,9-12,17-23H2,2,4-5H3/t26-,27+,28+,29?,33?/m1/s1. The van der Waals surface area contributed by atoms with Gasteiger partial charge in [0.15, 0.2) is 0 Å². The number of carbonyl (C=O) groups is 3. The molecule has 3 heterocycles. The monoisotopic (exact) mass is 580 g/mol. The lowest BCUT2D eigenvalue weighted by atomic mass is 9.70. The van der Waals surface area contributed by atoms with E-state index in [1.807, 2.05) is 31.2 Å². The van der Waals surface area contributed by atoms with E-state index in [-0.39, 0.29) is 30.9 Å². The van der Waals surface area contributed by atoms with Gasteiger partial charge in [-0.25, -0.2) is 0 Å². The predicted molar refractivity (Wildman–Crippen MR) is 165 cm³/mol. The van der Waals surface area contributed by atoms with Gasteiger partial charge in [-0.2, -0.15) is 0 Å². The van der Waals surface area contributed by atoms with Crippen molar-refractivity contribution in [2.24, 2.45) is 11.8 Å².